The van der Waals surface area contributed by atoms with Gasteiger partial charge in [-0.2, -0.15) is 0 Å². The molecule has 4 rings (SSSR count). The lowest BCUT2D eigenvalue weighted by molar-refractivity contribution is -0.134. The molecule has 0 aliphatic carbocycles. The van der Waals surface area contributed by atoms with Crippen molar-refractivity contribution >= 4 is 46.1 Å². The first-order valence-electron chi connectivity index (χ1n) is 10.4. The van der Waals surface area contributed by atoms with Crippen molar-refractivity contribution in [3.8, 4) is 0 Å². The van der Waals surface area contributed by atoms with E-state index in [9.17, 15) is 9.59 Å². The summed E-state index contributed by atoms with van der Waals surface area (Å²) in [7, 11) is 0. The number of hydrogen-bond acceptors (Lipinski definition) is 4. The molecule has 0 radical (unpaired) electrons. The van der Waals surface area contributed by atoms with Crippen LogP contribution >= 0.6 is 34.3 Å². The predicted molar refractivity (Wildman–Crippen MR) is 128 cm³/mol. The Bertz CT molecular complexity index is 1050. The third kappa shape index (κ3) is 4.56. The van der Waals surface area contributed by atoms with Gasteiger partial charge >= 0.3 is 0 Å². The number of hydrogen-bond donors (Lipinski definition) is 0. The van der Waals surface area contributed by atoms with Gasteiger partial charge in [0.2, 0.25) is 5.91 Å². The largest absolute Gasteiger partial charge is 0.330 e. The summed E-state index contributed by atoms with van der Waals surface area (Å²) in [4.78, 5) is 32.4. The van der Waals surface area contributed by atoms with Gasteiger partial charge in [-0.25, -0.2) is 0 Å². The lowest BCUT2D eigenvalue weighted by Crippen LogP contribution is -2.49. The maximum Gasteiger partial charge on any atom is 0.264 e. The molecule has 1 aliphatic heterocycles. The van der Waals surface area contributed by atoms with Crippen molar-refractivity contribution in [2.45, 2.75) is 38.8 Å². The smallest absolute Gasteiger partial charge is 0.264 e. The van der Waals surface area contributed by atoms with Crippen molar-refractivity contribution in [1.29, 1.82) is 0 Å². The highest BCUT2D eigenvalue weighted by molar-refractivity contribution is 7.12. The Labute approximate surface area is 196 Å². The van der Waals surface area contributed by atoms with Gasteiger partial charge in [-0.05, 0) is 65.9 Å². The SMILES string of the molecule is CCC(C)N(CC(=O)N1CCc2sccc2C1c1ccc(Cl)cc1)C(=O)c1cccs1. The van der Waals surface area contributed by atoms with Gasteiger partial charge in [0.1, 0.15) is 6.54 Å². The van der Waals surface area contributed by atoms with Gasteiger partial charge in [0, 0.05) is 22.5 Å². The molecule has 0 N–H and O–H groups in total. The number of fused-ring (bicyclic) bond motifs is 1. The zero-order chi connectivity index (χ0) is 22.0. The molecule has 0 bridgehead atoms. The Hall–Kier alpha value is -2.15. The van der Waals surface area contributed by atoms with Crippen molar-refractivity contribution < 1.29 is 9.59 Å². The van der Waals surface area contributed by atoms with Crippen molar-refractivity contribution in [2.24, 2.45) is 0 Å². The molecule has 7 heteroatoms. The van der Waals surface area contributed by atoms with E-state index in [2.05, 4.69) is 11.4 Å². The average molecular weight is 473 g/mol. The van der Waals surface area contributed by atoms with Gasteiger partial charge < -0.3 is 9.80 Å². The number of thiophene rings is 2. The normalized spacial score (nSPS) is 16.6. The highest BCUT2D eigenvalue weighted by atomic mass is 35.5. The molecule has 0 spiro atoms. The second-order valence-corrected chi connectivity index (χ2v) is 10.1. The first-order valence-corrected chi connectivity index (χ1v) is 12.6. The lowest BCUT2D eigenvalue weighted by Gasteiger charge is -2.38. The molecule has 2 amide bonds. The molecule has 1 aliphatic rings. The van der Waals surface area contributed by atoms with E-state index >= 15 is 0 Å². The van der Waals surface area contributed by atoms with E-state index < -0.39 is 0 Å². The van der Waals surface area contributed by atoms with Crippen molar-refractivity contribution in [3.05, 3.63) is 79.1 Å². The number of carbonyl (C=O) groups excluding carboxylic acids is 2. The molecule has 31 heavy (non-hydrogen) atoms. The number of carbonyl (C=O) groups is 2. The van der Waals surface area contributed by atoms with Crippen molar-refractivity contribution in [1.82, 2.24) is 9.80 Å². The summed E-state index contributed by atoms with van der Waals surface area (Å²) in [5.74, 6) is -0.101. The zero-order valence-corrected chi connectivity index (χ0v) is 20.0. The molecule has 3 aromatic rings. The summed E-state index contributed by atoms with van der Waals surface area (Å²) in [6.07, 6.45) is 1.63. The van der Waals surface area contributed by atoms with Crippen LogP contribution in [0.15, 0.2) is 53.2 Å². The molecular formula is C24H25ClN2O2S2. The first kappa shape index (κ1) is 22.1. The van der Waals surface area contributed by atoms with E-state index in [1.54, 1.807) is 16.2 Å². The Morgan fingerprint density at radius 1 is 1.16 bits per heavy atom. The Balaban J connectivity index is 1.63. The molecule has 0 fully saturated rings. The van der Waals surface area contributed by atoms with Crippen LogP contribution in [0, 0.1) is 0 Å². The maximum atomic E-state index is 13.6. The molecular weight excluding hydrogens is 448 g/mol. The molecule has 2 unspecified atom stereocenters. The minimum Gasteiger partial charge on any atom is -0.330 e. The second kappa shape index (κ2) is 9.55. The highest BCUT2D eigenvalue weighted by Crippen LogP contribution is 2.38. The van der Waals surface area contributed by atoms with Crippen LogP contribution in [0.4, 0.5) is 0 Å². The second-order valence-electron chi connectivity index (χ2n) is 7.76. The molecule has 1 aromatic carbocycles. The third-order valence-electron chi connectivity index (χ3n) is 5.89. The summed E-state index contributed by atoms with van der Waals surface area (Å²) in [6, 6.07) is 13.3. The quantitative estimate of drug-likeness (QED) is 0.449. The zero-order valence-electron chi connectivity index (χ0n) is 17.6. The van der Waals surface area contributed by atoms with Crippen LogP contribution in [-0.2, 0) is 11.2 Å². The number of nitrogens with zero attached hydrogens (tertiary/aromatic N) is 2. The fourth-order valence-electron chi connectivity index (χ4n) is 4.02. The fourth-order valence-corrected chi connectivity index (χ4v) is 5.72. The molecule has 2 aromatic heterocycles. The van der Waals surface area contributed by atoms with Gasteiger partial charge in [-0.3, -0.25) is 9.59 Å². The van der Waals surface area contributed by atoms with Crippen LogP contribution in [0.2, 0.25) is 5.02 Å². The van der Waals surface area contributed by atoms with Gasteiger partial charge in [-0.1, -0.05) is 36.7 Å². The lowest BCUT2D eigenvalue weighted by atomic mass is 9.93. The molecule has 2 atom stereocenters. The minimum atomic E-state index is -0.157. The van der Waals surface area contributed by atoms with Crippen LogP contribution < -0.4 is 0 Å². The van der Waals surface area contributed by atoms with Crippen LogP contribution in [0.3, 0.4) is 0 Å². The molecule has 162 valence electrons. The van der Waals surface area contributed by atoms with Crippen LogP contribution in [0.25, 0.3) is 0 Å². The van der Waals surface area contributed by atoms with Gasteiger partial charge in [0.25, 0.3) is 5.91 Å². The van der Waals surface area contributed by atoms with Crippen molar-refractivity contribution in [3.63, 3.8) is 0 Å². The summed E-state index contributed by atoms with van der Waals surface area (Å²) in [6.45, 7) is 4.76. The number of amides is 2. The first-order chi connectivity index (χ1) is 15.0. The van der Waals surface area contributed by atoms with E-state index in [1.165, 1.54) is 21.8 Å². The van der Waals surface area contributed by atoms with E-state index in [-0.39, 0.29) is 30.4 Å². The summed E-state index contributed by atoms with van der Waals surface area (Å²) >= 11 is 9.26. The fraction of sp³-hybridized carbons (Fsp3) is 0.333. The highest BCUT2D eigenvalue weighted by Gasteiger charge is 2.34. The number of halogens is 1. The number of rotatable bonds is 6. The summed E-state index contributed by atoms with van der Waals surface area (Å²) in [5, 5.41) is 4.66. The van der Waals surface area contributed by atoms with E-state index in [0.29, 0.717) is 16.4 Å². The average Bonchev–Trinajstić information content (AvgIpc) is 3.48. The summed E-state index contributed by atoms with van der Waals surface area (Å²) < 4.78 is 0. The Morgan fingerprint density at radius 3 is 2.61 bits per heavy atom. The third-order valence-corrected chi connectivity index (χ3v) is 8.00. The molecule has 4 nitrogen and oxygen atoms in total. The van der Waals surface area contributed by atoms with Crippen molar-refractivity contribution in [2.75, 3.05) is 13.1 Å². The monoisotopic (exact) mass is 472 g/mol. The van der Waals surface area contributed by atoms with Gasteiger partial charge in [-0.15, -0.1) is 22.7 Å². The number of benzene rings is 1. The maximum absolute atomic E-state index is 13.6. The van der Waals surface area contributed by atoms with Gasteiger partial charge in [0.05, 0.1) is 10.9 Å². The van der Waals surface area contributed by atoms with Crippen LogP contribution in [-0.4, -0.2) is 40.7 Å². The van der Waals surface area contributed by atoms with Crippen LogP contribution in [0.1, 0.15) is 52.0 Å². The molecule has 0 saturated carbocycles. The van der Waals surface area contributed by atoms with E-state index in [0.717, 1.165) is 18.4 Å². The van der Waals surface area contributed by atoms with E-state index in [4.69, 9.17) is 11.6 Å². The molecule has 3 heterocycles. The van der Waals surface area contributed by atoms with E-state index in [1.807, 2.05) is 60.5 Å². The molecule has 0 saturated heterocycles. The minimum absolute atomic E-state index is 0.0194. The Morgan fingerprint density at radius 2 is 1.94 bits per heavy atom. The Kier molecular flexibility index (Phi) is 6.80. The van der Waals surface area contributed by atoms with Gasteiger partial charge in [0.15, 0.2) is 0 Å². The van der Waals surface area contributed by atoms with Crippen LogP contribution in [0.5, 0.6) is 0 Å². The summed E-state index contributed by atoms with van der Waals surface area (Å²) in [5.41, 5.74) is 2.21. The standard InChI is InChI=1S/C24H25ClN2O2S2/c1-3-16(2)27(24(29)21-5-4-13-30-21)15-22(28)26-12-10-20-19(11-14-31-20)23(26)17-6-8-18(25)9-7-17/h4-9,11,13-14,16,23H,3,10,12,15H2,1-2H3. The predicted octanol–water partition coefficient (Wildman–Crippen LogP) is 5.88. The topological polar surface area (TPSA) is 40.6 Å².